The molecule has 1 rings (SSSR count). The molecule has 0 bridgehead atoms. The van der Waals surface area contributed by atoms with Crippen molar-refractivity contribution in [3.05, 3.63) is 11.6 Å². The molecule has 0 saturated heterocycles. The number of hydrogen-bond donors (Lipinski definition) is 3. The number of carboxylic acid groups (broad SMARTS) is 1. The molecule has 5 nitrogen and oxygen atoms in total. The first kappa shape index (κ1) is 13.5. The van der Waals surface area contributed by atoms with Gasteiger partial charge < -0.3 is 15.7 Å². The molecular formula is C12H20N2O3. The van der Waals surface area contributed by atoms with E-state index in [9.17, 15) is 9.59 Å². The molecule has 1 atom stereocenters. The van der Waals surface area contributed by atoms with Crippen molar-refractivity contribution in [3.63, 3.8) is 0 Å². The number of urea groups is 1. The summed E-state index contributed by atoms with van der Waals surface area (Å²) >= 11 is 0. The number of carbonyl (C=O) groups is 2. The minimum Gasteiger partial charge on any atom is -0.480 e. The predicted molar refractivity (Wildman–Crippen MR) is 64.8 cm³/mol. The number of rotatable bonds is 5. The van der Waals surface area contributed by atoms with E-state index in [2.05, 4.69) is 16.7 Å². The van der Waals surface area contributed by atoms with Crippen molar-refractivity contribution < 1.29 is 14.7 Å². The van der Waals surface area contributed by atoms with Crippen LogP contribution in [0.15, 0.2) is 11.6 Å². The topological polar surface area (TPSA) is 78.4 Å². The third-order valence-electron chi connectivity index (χ3n) is 2.83. The van der Waals surface area contributed by atoms with Gasteiger partial charge >= 0.3 is 12.0 Å². The summed E-state index contributed by atoms with van der Waals surface area (Å²) in [5.74, 6) is -1.03. The molecule has 17 heavy (non-hydrogen) atoms. The zero-order chi connectivity index (χ0) is 12.7. The summed E-state index contributed by atoms with van der Waals surface area (Å²) < 4.78 is 0. The van der Waals surface area contributed by atoms with Gasteiger partial charge in [0.15, 0.2) is 0 Å². The lowest BCUT2D eigenvalue weighted by molar-refractivity contribution is -0.138. The third kappa shape index (κ3) is 5.38. The second kappa shape index (κ2) is 6.93. The molecule has 0 aromatic heterocycles. The first-order valence-corrected chi connectivity index (χ1v) is 6.04. The Balaban J connectivity index is 2.15. The quantitative estimate of drug-likeness (QED) is 0.639. The molecule has 5 heteroatoms. The Hall–Kier alpha value is -1.52. The van der Waals surface area contributed by atoms with Gasteiger partial charge in [0.05, 0.1) is 0 Å². The summed E-state index contributed by atoms with van der Waals surface area (Å²) in [5, 5.41) is 13.6. The number of nitrogens with one attached hydrogen (secondary N) is 2. The maximum atomic E-state index is 11.3. The molecule has 0 saturated carbocycles. The fourth-order valence-electron chi connectivity index (χ4n) is 1.78. The Morgan fingerprint density at radius 2 is 2.24 bits per heavy atom. The monoisotopic (exact) mass is 240 g/mol. The molecular weight excluding hydrogens is 220 g/mol. The summed E-state index contributed by atoms with van der Waals surface area (Å²) in [6.45, 7) is 2.00. The molecule has 0 aliphatic heterocycles. The van der Waals surface area contributed by atoms with Crippen LogP contribution in [0.1, 0.15) is 39.0 Å². The van der Waals surface area contributed by atoms with Crippen molar-refractivity contribution in [1.29, 1.82) is 0 Å². The first-order chi connectivity index (χ1) is 8.09. The van der Waals surface area contributed by atoms with Gasteiger partial charge in [-0.25, -0.2) is 4.79 Å². The van der Waals surface area contributed by atoms with Crippen LogP contribution in [0.5, 0.6) is 0 Å². The summed E-state index contributed by atoms with van der Waals surface area (Å²) in [7, 11) is 0. The van der Waals surface area contributed by atoms with Crippen LogP contribution in [-0.4, -0.2) is 29.7 Å². The number of carboxylic acids is 1. The molecule has 1 aliphatic rings. The third-order valence-corrected chi connectivity index (χ3v) is 2.83. The second-order valence-corrected chi connectivity index (χ2v) is 4.32. The van der Waals surface area contributed by atoms with E-state index in [1.807, 2.05) is 0 Å². The summed E-state index contributed by atoms with van der Waals surface area (Å²) in [6, 6.07) is -1.28. The number of amides is 2. The minimum atomic E-state index is -1.03. The summed E-state index contributed by atoms with van der Waals surface area (Å²) in [4.78, 5) is 21.8. The van der Waals surface area contributed by atoms with Crippen LogP contribution >= 0.6 is 0 Å². The van der Waals surface area contributed by atoms with Crippen molar-refractivity contribution >= 4 is 12.0 Å². The van der Waals surface area contributed by atoms with Gasteiger partial charge in [0, 0.05) is 6.54 Å². The summed E-state index contributed by atoms with van der Waals surface area (Å²) in [6.07, 6.45) is 7.84. The van der Waals surface area contributed by atoms with Crippen molar-refractivity contribution in [2.24, 2.45) is 0 Å². The van der Waals surface area contributed by atoms with Gasteiger partial charge in [-0.1, -0.05) is 11.6 Å². The standard InChI is InChI=1S/C12H20N2O3/c1-9(11(15)16)14-12(17)13-8-7-10-5-3-2-4-6-10/h5,9H,2-4,6-8H2,1H3,(H,15,16)(H2,13,14,17)/t9-/m0/s1. The van der Waals surface area contributed by atoms with Gasteiger partial charge in [-0.05, 0) is 39.0 Å². The Labute approximate surface area is 101 Å². The largest absolute Gasteiger partial charge is 0.480 e. The van der Waals surface area contributed by atoms with Crippen LogP contribution in [0, 0.1) is 0 Å². The zero-order valence-electron chi connectivity index (χ0n) is 10.2. The predicted octanol–water partition coefficient (Wildman–Crippen LogP) is 1.65. The number of aliphatic carboxylic acids is 1. The maximum Gasteiger partial charge on any atom is 0.325 e. The lowest BCUT2D eigenvalue weighted by Crippen LogP contribution is -2.44. The molecule has 1 aliphatic carbocycles. The molecule has 0 radical (unpaired) electrons. The van der Waals surface area contributed by atoms with E-state index in [1.165, 1.54) is 25.3 Å². The highest BCUT2D eigenvalue weighted by atomic mass is 16.4. The van der Waals surface area contributed by atoms with Gasteiger partial charge in [-0.2, -0.15) is 0 Å². The van der Waals surface area contributed by atoms with Crippen molar-refractivity contribution in [3.8, 4) is 0 Å². The second-order valence-electron chi connectivity index (χ2n) is 4.32. The van der Waals surface area contributed by atoms with Gasteiger partial charge in [-0.15, -0.1) is 0 Å². The van der Waals surface area contributed by atoms with E-state index in [0.29, 0.717) is 6.54 Å². The zero-order valence-corrected chi connectivity index (χ0v) is 10.2. The Bertz CT molecular complexity index is 313. The highest BCUT2D eigenvalue weighted by molar-refractivity contribution is 5.82. The Morgan fingerprint density at radius 1 is 1.47 bits per heavy atom. The fraction of sp³-hybridized carbons (Fsp3) is 0.667. The molecule has 96 valence electrons. The number of hydrogen-bond acceptors (Lipinski definition) is 2. The van der Waals surface area contributed by atoms with Crippen molar-refractivity contribution in [2.75, 3.05) is 6.54 Å². The average Bonchev–Trinajstić information content (AvgIpc) is 2.30. The molecule has 0 unspecified atom stereocenters. The lowest BCUT2D eigenvalue weighted by Gasteiger charge is -2.14. The van der Waals surface area contributed by atoms with Crippen molar-refractivity contribution in [1.82, 2.24) is 10.6 Å². The van der Waals surface area contributed by atoms with Gasteiger partial charge in [-0.3, -0.25) is 4.79 Å². The minimum absolute atomic E-state index is 0.420. The van der Waals surface area contributed by atoms with Crippen molar-refractivity contribution in [2.45, 2.75) is 45.1 Å². The number of carbonyl (C=O) groups excluding carboxylic acids is 1. The fourth-order valence-corrected chi connectivity index (χ4v) is 1.78. The van der Waals surface area contributed by atoms with Crippen LogP contribution in [0.4, 0.5) is 4.79 Å². The normalized spacial score (nSPS) is 16.9. The van der Waals surface area contributed by atoms with E-state index in [-0.39, 0.29) is 0 Å². The molecule has 3 N–H and O–H groups in total. The van der Waals surface area contributed by atoms with Gasteiger partial charge in [0.1, 0.15) is 6.04 Å². The maximum absolute atomic E-state index is 11.3. The highest BCUT2D eigenvalue weighted by Crippen LogP contribution is 2.19. The molecule has 0 aromatic carbocycles. The molecule has 0 heterocycles. The molecule has 0 spiro atoms. The van der Waals surface area contributed by atoms with Crippen LogP contribution in [0.2, 0.25) is 0 Å². The van der Waals surface area contributed by atoms with Gasteiger partial charge in [0.2, 0.25) is 0 Å². The smallest absolute Gasteiger partial charge is 0.325 e. The average molecular weight is 240 g/mol. The van der Waals surface area contributed by atoms with E-state index in [0.717, 1.165) is 19.3 Å². The van der Waals surface area contributed by atoms with Crippen LogP contribution in [-0.2, 0) is 4.79 Å². The van der Waals surface area contributed by atoms with Crippen LogP contribution in [0.3, 0.4) is 0 Å². The molecule has 0 aromatic rings. The van der Waals surface area contributed by atoms with Gasteiger partial charge in [0.25, 0.3) is 0 Å². The van der Waals surface area contributed by atoms with E-state index in [4.69, 9.17) is 5.11 Å². The highest BCUT2D eigenvalue weighted by Gasteiger charge is 2.13. The first-order valence-electron chi connectivity index (χ1n) is 6.04. The SMILES string of the molecule is C[C@H](NC(=O)NCCC1=CCCCC1)C(=O)O. The van der Waals surface area contributed by atoms with Crippen LogP contribution < -0.4 is 10.6 Å². The van der Waals surface area contributed by atoms with E-state index < -0.39 is 18.0 Å². The van der Waals surface area contributed by atoms with E-state index >= 15 is 0 Å². The Kier molecular flexibility index (Phi) is 5.52. The molecule has 0 fully saturated rings. The van der Waals surface area contributed by atoms with E-state index in [1.54, 1.807) is 0 Å². The van der Waals surface area contributed by atoms with Crippen LogP contribution in [0.25, 0.3) is 0 Å². The molecule has 2 amide bonds. The summed E-state index contributed by atoms with van der Waals surface area (Å²) in [5.41, 5.74) is 1.39. The lowest BCUT2D eigenvalue weighted by atomic mass is 9.97. The Morgan fingerprint density at radius 3 is 2.82 bits per heavy atom. The number of allylic oxidation sites excluding steroid dienone is 1.